The molecule has 20 heteroatoms. The van der Waals surface area contributed by atoms with E-state index in [0.29, 0.717) is 18.1 Å². The molecule has 20 nitrogen and oxygen atoms in total. The maximum Gasteiger partial charge on any atom is 0.303 e. The standard InChI is InChI=1S/C33H43N11O9/c1-19-23(39-28-29(34)41-33(35)42-30(28)38-19)17-43(2)21-5-3-20(4-6-21)31(50)40-22(7-10-27(48)49)32(51)37-12-11-36-24(45)18-53-16-15-52-14-13-44-25(46)8-9-26(44)47/h3-6,8-9,19,22H,7,10-18H2,1-2H3,(H,36,45)(H,37,51)(H,40,50)(H,48,49)(H5,34,35,38,41,42). The summed E-state index contributed by atoms with van der Waals surface area (Å²) >= 11 is 0. The number of nitrogens with zero attached hydrogens (tertiary/aromatic N) is 5. The lowest BCUT2D eigenvalue weighted by Crippen LogP contribution is -2.48. The summed E-state index contributed by atoms with van der Waals surface area (Å²) in [6.45, 7) is 2.61. The topological polar surface area (TPSA) is 286 Å². The zero-order valence-electron chi connectivity index (χ0n) is 29.3. The van der Waals surface area contributed by atoms with E-state index < -0.39 is 41.5 Å². The molecule has 0 fully saturated rings. The Kier molecular flexibility index (Phi) is 14.1. The number of benzene rings is 1. The van der Waals surface area contributed by atoms with Crippen molar-refractivity contribution in [1.82, 2.24) is 30.8 Å². The number of carbonyl (C=O) groups excluding carboxylic acids is 5. The number of carboxylic acids is 1. The summed E-state index contributed by atoms with van der Waals surface area (Å²) in [5, 5.41) is 20.2. The van der Waals surface area contributed by atoms with Crippen LogP contribution in [0, 0.1) is 0 Å². The van der Waals surface area contributed by atoms with Gasteiger partial charge in [-0.05, 0) is 37.6 Å². The Morgan fingerprint density at radius 3 is 2.38 bits per heavy atom. The number of carboxylic acid groups (broad SMARTS) is 1. The number of carbonyl (C=O) groups is 6. The van der Waals surface area contributed by atoms with Crippen molar-refractivity contribution in [3.8, 4) is 0 Å². The van der Waals surface area contributed by atoms with E-state index in [2.05, 4.69) is 36.2 Å². The first-order valence-corrected chi connectivity index (χ1v) is 16.7. The van der Waals surface area contributed by atoms with Crippen LogP contribution in [0.1, 0.15) is 30.1 Å². The number of aliphatic carboxylic acids is 1. The van der Waals surface area contributed by atoms with Gasteiger partial charge in [-0.3, -0.25) is 33.7 Å². The summed E-state index contributed by atoms with van der Waals surface area (Å²) in [4.78, 5) is 88.0. The van der Waals surface area contributed by atoms with Gasteiger partial charge in [0, 0.05) is 50.0 Å². The molecule has 1 aromatic carbocycles. The first-order chi connectivity index (χ1) is 25.3. The molecule has 9 N–H and O–H groups in total. The number of anilines is 4. The third kappa shape index (κ3) is 11.7. The van der Waals surface area contributed by atoms with E-state index in [1.807, 2.05) is 18.9 Å². The van der Waals surface area contributed by atoms with Crippen molar-refractivity contribution in [3.63, 3.8) is 0 Å². The van der Waals surface area contributed by atoms with Crippen LogP contribution in [0.25, 0.3) is 0 Å². The third-order valence-corrected chi connectivity index (χ3v) is 7.99. The van der Waals surface area contributed by atoms with Crippen molar-refractivity contribution in [2.45, 2.75) is 31.8 Å². The monoisotopic (exact) mass is 737 g/mol. The van der Waals surface area contributed by atoms with Crippen molar-refractivity contribution >= 4 is 70.2 Å². The number of fused-ring (bicyclic) bond motifs is 1. The first-order valence-electron chi connectivity index (χ1n) is 16.7. The first kappa shape index (κ1) is 39.6. The van der Waals surface area contributed by atoms with Crippen LogP contribution in [0.2, 0.25) is 0 Å². The summed E-state index contributed by atoms with van der Waals surface area (Å²) in [7, 11) is 1.85. The molecule has 284 valence electrons. The Morgan fingerprint density at radius 1 is 1.00 bits per heavy atom. The fraction of sp³-hybridized carbons (Fsp3) is 0.424. The van der Waals surface area contributed by atoms with E-state index in [-0.39, 0.29) is 82.3 Å². The summed E-state index contributed by atoms with van der Waals surface area (Å²) in [5.41, 5.74) is 13.9. The van der Waals surface area contributed by atoms with Crippen molar-refractivity contribution in [2.24, 2.45) is 4.99 Å². The van der Waals surface area contributed by atoms with E-state index in [1.165, 1.54) is 12.2 Å². The van der Waals surface area contributed by atoms with E-state index in [9.17, 15) is 33.9 Å². The van der Waals surface area contributed by atoms with Gasteiger partial charge in [0.1, 0.15) is 18.3 Å². The molecule has 0 bridgehead atoms. The van der Waals surface area contributed by atoms with E-state index in [1.54, 1.807) is 24.3 Å². The Balaban J connectivity index is 1.18. The van der Waals surface area contributed by atoms with E-state index in [0.717, 1.165) is 16.3 Å². The van der Waals surface area contributed by atoms with Crippen LogP contribution in [0.5, 0.6) is 0 Å². The van der Waals surface area contributed by atoms with Crippen molar-refractivity contribution < 1.29 is 43.3 Å². The number of aromatic nitrogens is 2. The normalized spacial score (nSPS) is 15.2. The highest BCUT2D eigenvalue weighted by Gasteiger charge is 2.25. The van der Waals surface area contributed by atoms with Crippen LogP contribution in [-0.4, -0.2) is 133 Å². The Labute approximate surface area is 304 Å². The Morgan fingerprint density at radius 2 is 1.68 bits per heavy atom. The minimum atomic E-state index is -1.15. The summed E-state index contributed by atoms with van der Waals surface area (Å²) in [5.74, 6) is -2.90. The molecule has 0 aliphatic carbocycles. The van der Waals surface area contributed by atoms with Gasteiger partial charge in [-0.15, -0.1) is 0 Å². The van der Waals surface area contributed by atoms with E-state index >= 15 is 0 Å². The molecule has 0 radical (unpaired) electrons. The van der Waals surface area contributed by atoms with Crippen molar-refractivity contribution in [2.75, 3.05) is 81.3 Å². The SMILES string of the molecule is CC1Nc2nc(N)nc(N)c2N=C1CN(C)c1ccc(C(=O)NC(CCC(=O)O)C(=O)NCCNC(=O)COCCOCCN2C(=O)C=CC2=O)cc1. The number of nitrogens with one attached hydrogen (secondary N) is 4. The van der Waals surface area contributed by atoms with Crippen LogP contribution in [0.4, 0.5) is 29.0 Å². The van der Waals surface area contributed by atoms with Crippen LogP contribution in [-0.2, 0) is 33.4 Å². The van der Waals surface area contributed by atoms with Gasteiger partial charge in [0.25, 0.3) is 17.7 Å². The summed E-state index contributed by atoms with van der Waals surface area (Å²) in [6, 6.07) is 5.32. The van der Waals surface area contributed by atoms with Crippen molar-refractivity contribution in [1.29, 1.82) is 0 Å². The third-order valence-electron chi connectivity index (χ3n) is 7.99. The van der Waals surface area contributed by atoms with Gasteiger partial charge in [0.15, 0.2) is 11.6 Å². The van der Waals surface area contributed by atoms with Crippen LogP contribution in [0.15, 0.2) is 41.4 Å². The zero-order chi connectivity index (χ0) is 38.5. The smallest absolute Gasteiger partial charge is 0.303 e. The molecule has 0 spiro atoms. The number of nitrogen functional groups attached to an aromatic ring is 2. The number of hydrogen-bond donors (Lipinski definition) is 7. The van der Waals surface area contributed by atoms with Crippen LogP contribution in [0.3, 0.4) is 0 Å². The maximum atomic E-state index is 13.1. The average molecular weight is 738 g/mol. The fourth-order valence-corrected chi connectivity index (χ4v) is 5.14. The van der Waals surface area contributed by atoms with Gasteiger partial charge < -0.3 is 52.2 Å². The van der Waals surface area contributed by atoms with E-state index in [4.69, 9.17) is 20.9 Å². The lowest BCUT2D eigenvalue weighted by atomic mass is 10.1. The molecular formula is C33H43N11O9. The highest BCUT2D eigenvalue weighted by Crippen LogP contribution is 2.33. The molecule has 2 unspecified atom stereocenters. The molecule has 1 aromatic heterocycles. The Hall–Kier alpha value is -6.15. The predicted octanol–water partition coefficient (Wildman–Crippen LogP) is -1.18. The Bertz CT molecular complexity index is 1730. The zero-order valence-corrected chi connectivity index (χ0v) is 29.3. The molecule has 0 saturated carbocycles. The van der Waals surface area contributed by atoms with Gasteiger partial charge in [-0.2, -0.15) is 9.97 Å². The second-order valence-electron chi connectivity index (χ2n) is 12.0. The van der Waals surface area contributed by atoms with Gasteiger partial charge in [0.2, 0.25) is 17.8 Å². The highest BCUT2D eigenvalue weighted by atomic mass is 16.5. The minimum Gasteiger partial charge on any atom is -0.481 e. The fourth-order valence-electron chi connectivity index (χ4n) is 5.14. The number of rotatable bonds is 20. The number of aliphatic imine (C=N–C) groups is 1. The second kappa shape index (κ2) is 18.9. The molecule has 2 aliphatic rings. The molecule has 5 amide bonds. The number of hydrogen-bond acceptors (Lipinski definition) is 15. The molecule has 4 rings (SSSR count). The molecule has 3 heterocycles. The molecule has 2 atom stereocenters. The molecule has 2 aromatic rings. The molecule has 0 saturated heterocycles. The average Bonchev–Trinajstić information content (AvgIpc) is 3.44. The van der Waals surface area contributed by atoms with Gasteiger partial charge >= 0.3 is 5.97 Å². The molecule has 2 aliphatic heterocycles. The largest absolute Gasteiger partial charge is 0.481 e. The summed E-state index contributed by atoms with van der Waals surface area (Å²) < 4.78 is 10.5. The number of ether oxygens (including phenoxy) is 2. The maximum absolute atomic E-state index is 13.1. The predicted molar refractivity (Wildman–Crippen MR) is 192 cm³/mol. The quantitative estimate of drug-likeness (QED) is 0.0622. The number of amides is 5. The highest BCUT2D eigenvalue weighted by molar-refractivity contribution is 6.12. The lowest BCUT2D eigenvalue weighted by molar-refractivity contribution is -0.139. The van der Waals surface area contributed by atoms with Crippen LogP contribution >= 0.6 is 0 Å². The number of imide groups is 1. The lowest BCUT2D eigenvalue weighted by Gasteiger charge is -2.28. The minimum absolute atomic E-state index is 0.00957. The van der Waals surface area contributed by atoms with Crippen LogP contribution < -0.4 is 37.6 Å². The molecule has 53 heavy (non-hydrogen) atoms. The summed E-state index contributed by atoms with van der Waals surface area (Å²) in [6.07, 6.45) is 1.86. The van der Waals surface area contributed by atoms with Gasteiger partial charge in [0.05, 0.1) is 44.7 Å². The number of nitrogens with two attached hydrogens (primary N) is 2. The van der Waals surface area contributed by atoms with Gasteiger partial charge in [-0.25, -0.2) is 4.99 Å². The van der Waals surface area contributed by atoms with Crippen molar-refractivity contribution in [3.05, 3.63) is 42.0 Å². The van der Waals surface area contributed by atoms with Gasteiger partial charge in [-0.1, -0.05) is 0 Å². The molecular weight excluding hydrogens is 694 g/mol. The second-order valence-corrected chi connectivity index (χ2v) is 12.0.